The average molecular weight is 330 g/mol. The molecule has 2 amide bonds. The molecule has 1 aliphatic rings. The second-order valence-electron chi connectivity index (χ2n) is 4.21. The van der Waals surface area contributed by atoms with Gasteiger partial charge in [0.2, 0.25) is 0 Å². The first kappa shape index (κ1) is 11.7. The minimum Gasteiger partial charge on any atom is -0.335 e. The number of hydrogen-bond acceptors (Lipinski definition) is 1. The van der Waals surface area contributed by atoms with Crippen molar-refractivity contribution in [3.05, 3.63) is 33.4 Å². The third-order valence-electron chi connectivity index (χ3n) is 2.56. The lowest BCUT2D eigenvalue weighted by Crippen LogP contribution is -2.37. The van der Waals surface area contributed by atoms with E-state index in [1.165, 1.54) is 9.13 Å². The molecule has 1 N–H and O–H groups in total. The molecule has 0 aliphatic heterocycles. The Balaban J connectivity index is 1.90. The second-order valence-corrected chi connectivity index (χ2v) is 5.46. The molecule has 0 aromatic heterocycles. The Morgan fingerprint density at radius 3 is 2.94 bits per heavy atom. The number of halogens is 1. The van der Waals surface area contributed by atoms with Gasteiger partial charge >= 0.3 is 6.03 Å². The normalized spacial score (nSPS) is 14.6. The van der Waals surface area contributed by atoms with Crippen molar-refractivity contribution < 1.29 is 4.79 Å². The summed E-state index contributed by atoms with van der Waals surface area (Å²) in [5.41, 5.74) is 1.17. The summed E-state index contributed by atoms with van der Waals surface area (Å²) in [6.45, 7) is 0.662. The molecule has 0 heterocycles. The number of nitrogens with one attached hydrogen (secondary N) is 1. The maximum atomic E-state index is 11.7. The Hall–Kier alpha value is -0.780. The number of hydrogen-bond donors (Lipinski definition) is 1. The van der Waals surface area contributed by atoms with Crippen LogP contribution < -0.4 is 5.32 Å². The van der Waals surface area contributed by atoms with Gasteiger partial charge in [-0.05, 0) is 53.1 Å². The van der Waals surface area contributed by atoms with Crippen LogP contribution in [0.15, 0.2) is 24.3 Å². The largest absolute Gasteiger partial charge is 0.335 e. The fourth-order valence-corrected chi connectivity index (χ4v) is 2.10. The molecule has 2 rings (SSSR count). The lowest BCUT2D eigenvalue weighted by molar-refractivity contribution is 0.206. The van der Waals surface area contributed by atoms with Gasteiger partial charge in [-0.15, -0.1) is 0 Å². The highest BCUT2D eigenvalue weighted by atomic mass is 127. The second kappa shape index (κ2) is 5.03. The van der Waals surface area contributed by atoms with Crippen LogP contribution in [0.3, 0.4) is 0 Å². The number of nitrogens with zero attached hydrogens (tertiary/aromatic N) is 1. The zero-order valence-corrected chi connectivity index (χ0v) is 11.4. The van der Waals surface area contributed by atoms with E-state index in [1.54, 1.807) is 4.90 Å². The Labute approximate surface area is 109 Å². The van der Waals surface area contributed by atoms with Crippen LogP contribution in [0, 0.1) is 3.57 Å². The van der Waals surface area contributed by atoms with E-state index in [9.17, 15) is 4.79 Å². The molecule has 0 spiro atoms. The number of benzene rings is 1. The summed E-state index contributed by atoms with van der Waals surface area (Å²) in [5, 5.41) is 2.97. The van der Waals surface area contributed by atoms with Gasteiger partial charge in [-0.3, -0.25) is 0 Å². The van der Waals surface area contributed by atoms with Crippen molar-refractivity contribution in [2.75, 3.05) is 7.05 Å². The fourth-order valence-electron chi connectivity index (χ4n) is 1.49. The molecule has 1 aromatic rings. The zero-order chi connectivity index (χ0) is 11.5. The molecule has 1 fully saturated rings. The quantitative estimate of drug-likeness (QED) is 0.849. The minimum absolute atomic E-state index is 0.0290. The first-order valence-corrected chi connectivity index (χ1v) is 6.49. The summed E-state index contributed by atoms with van der Waals surface area (Å²) < 4.78 is 1.20. The van der Waals surface area contributed by atoms with Crippen LogP contribution in [0.25, 0.3) is 0 Å². The van der Waals surface area contributed by atoms with Gasteiger partial charge in [0.15, 0.2) is 0 Å². The van der Waals surface area contributed by atoms with Crippen LogP contribution in [0.5, 0.6) is 0 Å². The van der Waals surface area contributed by atoms with Gasteiger partial charge in [0.05, 0.1) is 0 Å². The Morgan fingerprint density at radius 1 is 1.56 bits per heavy atom. The van der Waals surface area contributed by atoms with E-state index >= 15 is 0 Å². The molecule has 86 valence electrons. The van der Waals surface area contributed by atoms with Gasteiger partial charge in [0.1, 0.15) is 0 Å². The van der Waals surface area contributed by atoms with Crippen molar-refractivity contribution in [1.82, 2.24) is 10.2 Å². The SMILES string of the molecule is CN(Cc1cccc(I)c1)C(=O)NC1CC1. The van der Waals surface area contributed by atoms with Crippen molar-refractivity contribution in [3.8, 4) is 0 Å². The third kappa shape index (κ3) is 3.37. The highest BCUT2D eigenvalue weighted by molar-refractivity contribution is 14.1. The lowest BCUT2D eigenvalue weighted by Gasteiger charge is -2.18. The molecular weight excluding hydrogens is 315 g/mol. The van der Waals surface area contributed by atoms with Gasteiger partial charge in [-0.25, -0.2) is 4.79 Å². The van der Waals surface area contributed by atoms with E-state index in [2.05, 4.69) is 34.0 Å². The first-order valence-electron chi connectivity index (χ1n) is 5.41. The van der Waals surface area contributed by atoms with E-state index in [1.807, 2.05) is 25.2 Å². The Bertz CT molecular complexity index is 390. The molecular formula is C12H15IN2O. The fraction of sp³-hybridized carbons (Fsp3) is 0.417. The molecule has 0 atom stereocenters. The van der Waals surface area contributed by atoms with Gasteiger partial charge in [-0.2, -0.15) is 0 Å². The molecule has 3 nitrogen and oxygen atoms in total. The van der Waals surface area contributed by atoms with E-state index in [0.29, 0.717) is 12.6 Å². The lowest BCUT2D eigenvalue weighted by atomic mass is 10.2. The van der Waals surface area contributed by atoms with Crippen LogP contribution in [-0.4, -0.2) is 24.0 Å². The van der Waals surface area contributed by atoms with E-state index < -0.39 is 0 Å². The number of urea groups is 1. The smallest absolute Gasteiger partial charge is 0.317 e. The van der Waals surface area contributed by atoms with Gasteiger partial charge in [0, 0.05) is 23.2 Å². The highest BCUT2D eigenvalue weighted by Gasteiger charge is 2.24. The van der Waals surface area contributed by atoms with Gasteiger partial charge in [-0.1, -0.05) is 12.1 Å². The van der Waals surface area contributed by atoms with E-state index in [4.69, 9.17) is 0 Å². The molecule has 1 aromatic carbocycles. The minimum atomic E-state index is 0.0290. The molecule has 1 saturated carbocycles. The van der Waals surface area contributed by atoms with Crippen molar-refractivity contribution in [1.29, 1.82) is 0 Å². The summed E-state index contributed by atoms with van der Waals surface area (Å²) in [4.78, 5) is 13.4. The van der Waals surface area contributed by atoms with Crippen molar-refractivity contribution in [3.63, 3.8) is 0 Å². The van der Waals surface area contributed by atoms with Crippen molar-refractivity contribution >= 4 is 28.6 Å². The zero-order valence-electron chi connectivity index (χ0n) is 9.24. The summed E-state index contributed by atoms with van der Waals surface area (Å²) in [6.07, 6.45) is 2.26. The van der Waals surface area contributed by atoms with Crippen LogP contribution >= 0.6 is 22.6 Å². The third-order valence-corrected chi connectivity index (χ3v) is 3.23. The van der Waals surface area contributed by atoms with Crippen molar-refractivity contribution in [2.45, 2.75) is 25.4 Å². The predicted molar refractivity (Wildman–Crippen MR) is 72.2 cm³/mol. The van der Waals surface area contributed by atoms with Crippen LogP contribution in [0.4, 0.5) is 4.79 Å². The maximum absolute atomic E-state index is 11.7. The molecule has 0 saturated heterocycles. The van der Waals surface area contributed by atoms with Gasteiger partial charge < -0.3 is 10.2 Å². The van der Waals surface area contributed by atoms with Crippen molar-refractivity contribution in [2.24, 2.45) is 0 Å². The molecule has 16 heavy (non-hydrogen) atoms. The Kier molecular flexibility index (Phi) is 3.68. The van der Waals surface area contributed by atoms with Crippen LogP contribution in [0.1, 0.15) is 18.4 Å². The van der Waals surface area contributed by atoms with Gasteiger partial charge in [0.25, 0.3) is 0 Å². The molecule has 4 heteroatoms. The summed E-state index contributed by atoms with van der Waals surface area (Å²) in [7, 11) is 1.83. The molecule has 0 bridgehead atoms. The number of rotatable bonds is 3. The average Bonchev–Trinajstić information content (AvgIpc) is 3.01. The first-order chi connectivity index (χ1) is 7.65. The number of amides is 2. The molecule has 1 aliphatic carbocycles. The standard InChI is InChI=1S/C12H15IN2O/c1-15(12(16)14-11-5-6-11)8-9-3-2-4-10(13)7-9/h2-4,7,11H,5-6,8H2,1H3,(H,14,16). The molecule has 0 radical (unpaired) electrons. The maximum Gasteiger partial charge on any atom is 0.317 e. The van der Waals surface area contributed by atoms with E-state index in [-0.39, 0.29) is 6.03 Å². The highest BCUT2D eigenvalue weighted by Crippen LogP contribution is 2.19. The van der Waals surface area contributed by atoms with E-state index in [0.717, 1.165) is 12.8 Å². The summed E-state index contributed by atoms with van der Waals surface area (Å²) in [5.74, 6) is 0. The van der Waals surface area contributed by atoms with Crippen LogP contribution in [0.2, 0.25) is 0 Å². The summed E-state index contributed by atoms with van der Waals surface area (Å²) >= 11 is 2.28. The topological polar surface area (TPSA) is 32.3 Å². The predicted octanol–water partition coefficient (Wildman–Crippen LogP) is 2.60. The number of carbonyl (C=O) groups excluding carboxylic acids is 1. The number of carbonyl (C=O) groups is 1. The monoisotopic (exact) mass is 330 g/mol. The van der Waals surface area contributed by atoms with Crippen LogP contribution in [-0.2, 0) is 6.54 Å². The Morgan fingerprint density at radius 2 is 2.31 bits per heavy atom. The molecule has 0 unspecified atom stereocenters. The summed E-state index contributed by atoms with van der Waals surface area (Å²) in [6, 6.07) is 8.66.